The standard InChI is InChI=1S/C14H16N2O5/c17-13(16-5-4-15-8-10(16)14(18)19)9-2-1-3-11-12(9)21-7-6-20-11/h1-3,10,15H,4-8H2,(H,18,19). The molecule has 1 aromatic carbocycles. The first kappa shape index (κ1) is 13.7. The monoisotopic (exact) mass is 292 g/mol. The Balaban J connectivity index is 1.92. The van der Waals surface area contributed by atoms with Crippen molar-refractivity contribution < 1.29 is 24.2 Å². The summed E-state index contributed by atoms with van der Waals surface area (Å²) in [4.78, 5) is 25.4. The quantitative estimate of drug-likeness (QED) is 0.795. The number of amides is 1. The molecule has 1 unspecified atom stereocenters. The van der Waals surface area contributed by atoms with Crippen LogP contribution in [0.5, 0.6) is 11.5 Å². The van der Waals surface area contributed by atoms with Gasteiger partial charge in [0.25, 0.3) is 5.91 Å². The van der Waals surface area contributed by atoms with Crippen LogP contribution in [0.2, 0.25) is 0 Å². The molecule has 1 fully saturated rings. The number of piperazine rings is 1. The second-order valence-corrected chi connectivity index (χ2v) is 4.89. The molecular formula is C14H16N2O5. The molecule has 0 aliphatic carbocycles. The highest BCUT2D eigenvalue weighted by Crippen LogP contribution is 2.34. The number of hydrogen-bond donors (Lipinski definition) is 2. The van der Waals surface area contributed by atoms with E-state index >= 15 is 0 Å². The van der Waals surface area contributed by atoms with Crippen LogP contribution in [-0.4, -0.2) is 60.8 Å². The van der Waals surface area contributed by atoms with Crippen LogP contribution in [0.4, 0.5) is 0 Å². The van der Waals surface area contributed by atoms with E-state index in [2.05, 4.69) is 5.32 Å². The third-order valence-corrected chi connectivity index (χ3v) is 3.59. The van der Waals surface area contributed by atoms with Gasteiger partial charge in [-0.25, -0.2) is 4.79 Å². The maximum Gasteiger partial charge on any atom is 0.327 e. The minimum atomic E-state index is -1.02. The smallest absolute Gasteiger partial charge is 0.327 e. The van der Waals surface area contributed by atoms with E-state index in [0.29, 0.717) is 43.4 Å². The lowest BCUT2D eigenvalue weighted by Gasteiger charge is -2.34. The molecule has 0 bridgehead atoms. The second-order valence-electron chi connectivity index (χ2n) is 4.89. The Morgan fingerprint density at radius 1 is 1.29 bits per heavy atom. The highest BCUT2D eigenvalue weighted by atomic mass is 16.6. The molecule has 0 saturated carbocycles. The first-order chi connectivity index (χ1) is 10.2. The number of benzene rings is 1. The zero-order valence-electron chi connectivity index (χ0n) is 11.4. The van der Waals surface area contributed by atoms with Crippen molar-refractivity contribution in [2.75, 3.05) is 32.8 Å². The van der Waals surface area contributed by atoms with Crippen molar-refractivity contribution in [3.05, 3.63) is 23.8 Å². The summed E-state index contributed by atoms with van der Waals surface area (Å²) in [5.41, 5.74) is 0.348. The molecule has 7 nitrogen and oxygen atoms in total. The van der Waals surface area contributed by atoms with E-state index in [-0.39, 0.29) is 12.5 Å². The van der Waals surface area contributed by atoms with E-state index in [1.54, 1.807) is 18.2 Å². The van der Waals surface area contributed by atoms with E-state index in [0.717, 1.165) is 0 Å². The van der Waals surface area contributed by atoms with Crippen molar-refractivity contribution in [1.29, 1.82) is 0 Å². The lowest BCUT2D eigenvalue weighted by molar-refractivity contribution is -0.142. The molecule has 112 valence electrons. The van der Waals surface area contributed by atoms with Gasteiger partial charge >= 0.3 is 5.97 Å². The van der Waals surface area contributed by atoms with E-state index in [1.165, 1.54) is 4.90 Å². The van der Waals surface area contributed by atoms with Crippen molar-refractivity contribution in [3.63, 3.8) is 0 Å². The number of para-hydroxylation sites is 1. The van der Waals surface area contributed by atoms with Gasteiger partial charge in [0, 0.05) is 19.6 Å². The number of nitrogens with zero attached hydrogens (tertiary/aromatic N) is 1. The molecule has 2 aliphatic rings. The largest absolute Gasteiger partial charge is 0.486 e. The van der Waals surface area contributed by atoms with Gasteiger partial charge in [-0.1, -0.05) is 6.07 Å². The number of carboxylic acid groups (broad SMARTS) is 1. The maximum atomic E-state index is 12.7. The Hall–Kier alpha value is -2.28. The van der Waals surface area contributed by atoms with Crippen molar-refractivity contribution >= 4 is 11.9 Å². The average Bonchev–Trinajstić information content (AvgIpc) is 2.53. The van der Waals surface area contributed by atoms with Gasteiger partial charge in [-0.3, -0.25) is 4.79 Å². The Labute approximate surface area is 121 Å². The van der Waals surface area contributed by atoms with Gasteiger partial charge in [-0.2, -0.15) is 0 Å². The van der Waals surface area contributed by atoms with Crippen molar-refractivity contribution in [3.8, 4) is 11.5 Å². The normalized spacial score (nSPS) is 21.0. The predicted octanol–water partition coefficient (Wildman–Crippen LogP) is -0.0436. The fourth-order valence-corrected chi connectivity index (χ4v) is 2.56. The SMILES string of the molecule is O=C(O)C1CNCCN1C(=O)c1cccc2c1OCCO2. The van der Waals surface area contributed by atoms with E-state index in [1.807, 2.05) is 0 Å². The summed E-state index contributed by atoms with van der Waals surface area (Å²) >= 11 is 0. The summed E-state index contributed by atoms with van der Waals surface area (Å²) < 4.78 is 11.0. The van der Waals surface area contributed by atoms with Gasteiger partial charge in [0.15, 0.2) is 11.5 Å². The van der Waals surface area contributed by atoms with E-state index < -0.39 is 12.0 Å². The summed E-state index contributed by atoms with van der Waals surface area (Å²) in [7, 11) is 0. The fraction of sp³-hybridized carbons (Fsp3) is 0.429. The van der Waals surface area contributed by atoms with Gasteiger partial charge in [-0.15, -0.1) is 0 Å². The molecule has 3 rings (SSSR count). The molecule has 1 amide bonds. The predicted molar refractivity (Wildman–Crippen MR) is 72.8 cm³/mol. The maximum absolute atomic E-state index is 12.7. The number of carbonyl (C=O) groups excluding carboxylic acids is 1. The van der Waals surface area contributed by atoms with Crippen LogP contribution in [0.25, 0.3) is 0 Å². The van der Waals surface area contributed by atoms with Crippen LogP contribution in [-0.2, 0) is 4.79 Å². The lowest BCUT2D eigenvalue weighted by atomic mass is 10.1. The zero-order valence-corrected chi connectivity index (χ0v) is 11.4. The highest BCUT2D eigenvalue weighted by Gasteiger charge is 2.34. The molecule has 0 spiro atoms. The van der Waals surface area contributed by atoms with Crippen LogP contribution < -0.4 is 14.8 Å². The number of hydrogen-bond acceptors (Lipinski definition) is 5. The van der Waals surface area contributed by atoms with Gasteiger partial charge < -0.3 is 24.8 Å². The second kappa shape index (κ2) is 5.61. The Morgan fingerprint density at radius 3 is 2.90 bits per heavy atom. The minimum Gasteiger partial charge on any atom is -0.486 e. The highest BCUT2D eigenvalue weighted by molar-refractivity contribution is 6.00. The molecule has 21 heavy (non-hydrogen) atoms. The van der Waals surface area contributed by atoms with Crippen molar-refractivity contribution in [2.24, 2.45) is 0 Å². The zero-order chi connectivity index (χ0) is 14.8. The summed E-state index contributed by atoms with van der Waals surface area (Å²) in [6, 6.07) is 4.21. The lowest BCUT2D eigenvalue weighted by Crippen LogP contribution is -2.57. The van der Waals surface area contributed by atoms with Gasteiger partial charge in [0.2, 0.25) is 0 Å². The van der Waals surface area contributed by atoms with Crippen molar-refractivity contribution in [2.45, 2.75) is 6.04 Å². The third kappa shape index (κ3) is 2.52. The average molecular weight is 292 g/mol. The molecule has 0 radical (unpaired) electrons. The number of carbonyl (C=O) groups is 2. The molecule has 2 aliphatic heterocycles. The number of nitrogens with one attached hydrogen (secondary N) is 1. The van der Waals surface area contributed by atoms with E-state index in [4.69, 9.17) is 9.47 Å². The summed E-state index contributed by atoms with van der Waals surface area (Å²) in [6.45, 7) is 1.98. The number of rotatable bonds is 2. The van der Waals surface area contributed by atoms with Gasteiger partial charge in [-0.05, 0) is 12.1 Å². The van der Waals surface area contributed by atoms with Crippen LogP contribution >= 0.6 is 0 Å². The topological polar surface area (TPSA) is 88.1 Å². The Kier molecular flexibility index (Phi) is 3.66. The van der Waals surface area contributed by atoms with Crippen LogP contribution in [0.3, 0.4) is 0 Å². The number of carboxylic acids is 1. The van der Waals surface area contributed by atoms with Crippen molar-refractivity contribution in [1.82, 2.24) is 10.2 Å². The van der Waals surface area contributed by atoms with Crippen LogP contribution in [0.1, 0.15) is 10.4 Å². The van der Waals surface area contributed by atoms with Gasteiger partial charge in [0.05, 0.1) is 5.56 Å². The Morgan fingerprint density at radius 2 is 2.10 bits per heavy atom. The summed E-state index contributed by atoms with van der Waals surface area (Å²) in [5.74, 6) is -0.436. The minimum absolute atomic E-state index is 0.244. The molecule has 7 heteroatoms. The van der Waals surface area contributed by atoms with Crippen LogP contribution in [0.15, 0.2) is 18.2 Å². The Bertz CT molecular complexity index is 574. The third-order valence-electron chi connectivity index (χ3n) is 3.59. The van der Waals surface area contributed by atoms with Gasteiger partial charge in [0.1, 0.15) is 19.3 Å². The number of aliphatic carboxylic acids is 1. The molecule has 1 saturated heterocycles. The first-order valence-electron chi connectivity index (χ1n) is 6.81. The molecule has 2 N–H and O–H groups in total. The number of fused-ring (bicyclic) bond motifs is 1. The fourth-order valence-electron chi connectivity index (χ4n) is 2.56. The van der Waals surface area contributed by atoms with E-state index in [9.17, 15) is 14.7 Å². The molecule has 1 aromatic rings. The first-order valence-corrected chi connectivity index (χ1v) is 6.81. The summed E-state index contributed by atoms with van der Waals surface area (Å²) in [5, 5.41) is 12.2. The molecule has 2 heterocycles. The molecule has 1 atom stereocenters. The van der Waals surface area contributed by atoms with Crippen LogP contribution in [0, 0.1) is 0 Å². The number of ether oxygens (including phenoxy) is 2. The molecule has 0 aromatic heterocycles. The summed E-state index contributed by atoms with van der Waals surface area (Å²) in [6.07, 6.45) is 0. The molecular weight excluding hydrogens is 276 g/mol.